The molecule has 0 saturated heterocycles. The van der Waals surface area contributed by atoms with E-state index in [0.717, 1.165) is 5.56 Å². The number of carbonyl (C=O) groups excluding carboxylic acids is 1. The van der Waals surface area contributed by atoms with Crippen LogP contribution in [-0.4, -0.2) is 35.6 Å². The Labute approximate surface area is 107 Å². The summed E-state index contributed by atoms with van der Waals surface area (Å²) in [6, 6.07) is 9.03. The fourth-order valence-electron chi connectivity index (χ4n) is 1.51. The molecule has 0 aliphatic rings. The molecule has 0 saturated carbocycles. The highest BCUT2D eigenvalue weighted by Gasteiger charge is 2.10. The second kappa shape index (κ2) is 6.77. The minimum Gasteiger partial charge on any atom is -0.393 e. The Morgan fingerprint density at radius 2 is 2.06 bits per heavy atom. The maximum atomic E-state index is 11.9. The van der Waals surface area contributed by atoms with Crippen LogP contribution in [0.15, 0.2) is 24.3 Å². The van der Waals surface area contributed by atoms with Gasteiger partial charge in [-0.3, -0.25) is 4.79 Å². The Morgan fingerprint density at radius 3 is 2.56 bits per heavy atom. The summed E-state index contributed by atoms with van der Waals surface area (Å²) in [7, 11) is 1.73. The summed E-state index contributed by atoms with van der Waals surface area (Å²) in [5, 5.41) is 17.8. The molecule has 0 radical (unpaired) electrons. The molecule has 4 nitrogen and oxygen atoms in total. The number of aliphatic hydroxyl groups excluding tert-OH is 1. The lowest BCUT2D eigenvalue weighted by Gasteiger charge is -2.18. The molecule has 0 fully saturated rings. The van der Waals surface area contributed by atoms with Crippen LogP contribution in [0.1, 0.15) is 24.5 Å². The molecule has 0 aromatic heterocycles. The number of nitrogens with zero attached hydrogens (tertiary/aromatic N) is 2. The van der Waals surface area contributed by atoms with Crippen LogP contribution in [0.3, 0.4) is 0 Å². The van der Waals surface area contributed by atoms with Crippen LogP contribution >= 0.6 is 0 Å². The van der Waals surface area contributed by atoms with Crippen molar-refractivity contribution in [2.45, 2.75) is 25.9 Å². The topological polar surface area (TPSA) is 64.3 Å². The minimum absolute atomic E-state index is 0.0142. The predicted molar refractivity (Wildman–Crippen MR) is 68.8 cm³/mol. The van der Waals surface area contributed by atoms with Gasteiger partial charge in [-0.25, -0.2) is 0 Å². The third-order valence-corrected chi connectivity index (χ3v) is 2.75. The normalized spacial score (nSPS) is 11.7. The fraction of sp³-hybridized carbons (Fsp3) is 0.429. The highest BCUT2D eigenvalue weighted by atomic mass is 16.3. The quantitative estimate of drug-likeness (QED) is 0.852. The Hall–Kier alpha value is -1.86. The van der Waals surface area contributed by atoms with Crippen molar-refractivity contribution in [1.82, 2.24) is 4.90 Å². The number of rotatable bonds is 5. The van der Waals surface area contributed by atoms with E-state index in [2.05, 4.69) is 0 Å². The van der Waals surface area contributed by atoms with Crippen molar-refractivity contribution >= 4 is 5.91 Å². The second-order valence-electron chi connectivity index (χ2n) is 4.44. The first-order valence-corrected chi connectivity index (χ1v) is 5.94. The summed E-state index contributed by atoms with van der Waals surface area (Å²) in [4.78, 5) is 13.5. The monoisotopic (exact) mass is 246 g/mol. The van der Waals surface area contributed by atoms with Crippen molar-refractivity contribution in [1.29, 1.82) is 5.26 Å². The lowest BCUT2D eigenvalue weighted by atomic mass is 10.1. The van der Waals surface area contributed by atoms with Gasteiger partial charge in [0.15, 0.2) is 0 Å². The number of likely N-dealkylation sites (N-methyl/N-ethyl adjacent to an activating group) is 1. The minimum atomic E-state index is -0.393. The maximum Gasteiger partial charge on any atom is 0.226 e. The van der Waals surface area contributed by atoms with E-state index in [0.29, 0.717) is 24.9 Å². The molecule has 0 aliphatic heterocycles. The lowest BCUT2D eigenvalue weighted by molar-refractivity contribution is -0.129. The van der Waals surface area contributed by atoms with Crippen molar-refractivity contribution in [3.63, 3.8) is 0 Å². The third-order valence-electron chi connectivity index (χ3n) is 2.75. The van der Waals surface area contributed by atoms with Crippen LogP contribution in [0.25, 0.3) is 0 Å². The number of carbonyl (C=O) groups is 1. The predicted octanol–water partition coefficient (Wildman–Crippen LogP) is 1.33. The van der Waals surface area contributed by atoms with Crippen molar-refractivity contribution in [3.05, 3.63) is 35.4 Å². The standard InChI is InChI=1S/C14H18N2O2/c1-11(17)7-8-16(2)14(18)9-12-3-5-13(10-15)6-4-12/h3-6,11,17H,7-9H2,1-2H3. The first-order valence-electron chi connectivity index (χ1n) is 5.94. The Bertz CT molecular complexity index is 432. The van der Waals surface area contributed by atoms with Crippen LogP contribution in [-0.2, 0) is 11.2 Å². The highest BCUT2D eigenvalue weighted by molar-refractivity contribution is 5.78. The Kier molecular flexibility index (Phi) is 5.34. The highest BCUT2D eigenvalue weighted by Crippen LogP contribution is 2.06. The molecular weight excluding hydrogens is 228 g/mol. The van der Waals surface area contributed by atoms with Gasteiger partial charge in [-0.2, -0.15) is 5.26 Å². The fourth-order valence-corrected chi connectivity index (χ4v) is 1.51. The van der Waals surface area contributed by atoms with Crippen LogP contribution in [0, 0.1) is 11.3 Å². The zero-order valence-corrected chi connectivity index (χ0v) is 10.8. The SMILES string of the molecule is CC(O)CCN(C)C(=O)Cc1ccc(C#N)cc1. The molecular formula is C14H18N2O2. The van der Waals surface area contributed by atoms with Gasteiger partial charge in [0, 0.05) is 13.6 Å². The molecule has 18 heavy (non-hydrogen) atoms. The molecule has 1 amide bonds. The number of aliphatic hydroxyl groups is 1. The first-order chi connectivity index (χ1) is 8.52. The summed E-state index contributed by atoms with van der Waals surface area (Å²) in [6.45, 7) is 2.26. The zero-order valence-electron chi connectivity index (χ0n) is 10.8. The summed E-state index contributed by atoms with van der Waals surface area (Å²) in [6.07, 6.45) is 0.507. The Morgan fingerprint density at radius 1 is 1.44 bits per heavy atom. The Balaban J connectivity index is 2.50. The van der Waals surface area contributed by atoms with Gasteiger partial charge in [0.1, 0.15) is 0 Å². The molecule has 1 aromatic rings. The van der Waals surface area contributed by atoms with Crippen molar-refractivity contribution < 1.29 is 9.90 Å². The number of nitriles is 1. The molecule has 0 heterocycles. The largest absolute Gasteiger partial charge is 0.393 e. The van der Waals surface area contributed by atoms with Gasteiger partial charge in [0.2, 0.25) is 5.91 Å². The molecule has 96 valence electrons. The third kappa shape index (κ3) is 4.56. The van der Waals surface area contributed by atoms with Crippen LogP contribution in [0.4, 0.5) is 0 Å². The second-order valence-corrected chi connectivity index (χ2v) is 4.44. The van der Waals surface area contributed by atoms with Gasteiger partial charge in [-0.05, 0) is 31.0 Å². The number of hydrogen-bond acceptors (Lipinski definition) is 3. The van der Waals surface area contributed by atoms with Crippen LogP contribution in [0.5, 0.6) is 0 Å². The van der Waals surface area contributed by atoms with Crippen molar-refractivity contribution in [2.24, 2.45) is 0 Å². The number of hydrogen-bond donors (Lipinski definition) is 1. The van der Waals surface area contributed by atoms with Gasteiger partial charge in [-0.1, -0.05) is 12.1 Å². The molecule has 4 heteroatoms. The van der Waals surface area contributed by atoms with Crippen LogP contribution < -0.4 is 0 Å². The smallest absolute Gasteiger partial charge is 0.226 e. The average Bonchev–Trinajstić information content (AvgIpc) is 2.36. The molecule has 0 aliphatic carbocycles. The van der Waals surface area contributed by atoms with E-state index in [1.54, 1.807) is 43.1 Å². The summed E-state index contributed by atoms with van der Waals surface area (Å²) in [5.41, 5.74) is 1.48. The van der Waals surface area contributed by atoms with E-state index < -0.39 is 6.10 Å². The molecule has 0 spiro atoms. The van der Waals surface area contributed by atoms with Gasteiger partial charge in [0.25, 0.3) is 0 Å². The van der Waals surface area contributed by atoms with Crippen LogP contribution in [0.2, 0.25) is 0 Å². The van der Waals surface area contributed by atoms with Crippen molar-refractivity contribution in [3.8, 4) is 6.07 Å². The number of amides is 1. The van der Waals surface area contributed by atoms with Gasteiger partial charge in [-0.15, -0.1) is 0 Å². The lowest BCUT2D eigenvalue weighted by Crippen LogP contribution is -2.30. The average molecular weight is 246 g/mol. The van der Waals surface area contributed by atoms with E-state index in [9.17, 15) is 4.79 Å². The molecule has 1 rings (SSSR count). The number of benzene rings is 1. The van der Waals surface area contributed by atoms with Gasteiger partial charge in [0.05, 0.1) is 24.2 Å². The molecule has 0 bridgehead atoms. The summed E-state index contributed by atoms with van der Waals surface area (Å²) < 4.78 is 0. The van der Waals surface area contributed by atoms with E-state index in [4.69, 9.17) is 10.4 Å². The maximum absolute atomic E-state index is 11.9. The van der Waals surface area contributed by atoms with Gasteiger partial charge < -0.3 is 10.0 Å². The summed E-state index contributed by atoms with van der Waals surface area (Å²) >= 11 is 0. The summed E-state index contributed by atoms with van der Waals surface area (Å²) in [5.74, 6) is 0.0142. The molecule has 1 atom stereocenters. The molecule has 1 unspecified atom stereocenters. The van der Waals surface area contributed by atoms with E-state index in [1.165, 1.54) is 0 Å². The molecule has 1 N–H and O–H groups in total. The zero-order chi connectivity index (χ0) is 13.5. The van der Waals surface area contributed by atoms with E-state index >= 15 is 0 Å². The first kappa shape index (κ1) is 14.2. The van der Waals surface area contributed by atoms with E-state index in [1.807, 2.05) is 6.07 Å². The van der Waals surface area contributed by atoms with E-state index in [-0.39, 0.29) is 5.91 Å². The molecule has 1 aromatic carbocycles. The van der Waals surface area contributed by atoms with Crippen molar-refractivity contribution in [2.75, 3.05) is 13.6 Å². The van der Waals surface area contributed by atoms with Gasteiger partial charge >= 0.3 is 0 Å².